The van der Waals surface area contributed by atoms with Crippen LogP contribution in [0.15, 0.2) is 83.5 Å². The fourth-order valence-electron chi connectivity index (χ4n) is 3.06. The van der Waals surface area contributed by atoms with Crippen LogP contribution in [-0.4, -0.2) is 23.1 Å². The number of nitrogens with zero attached hydrogens (tertiary/aromatic N) is 1. The maximum atomic E-state index is 12.2. The lowest BCUT2D eigenvalue weighted by atomic mass is 10.2. The van der Waals surface area contributed by atoms with Crippen molar-refractivity contribution in [1.29, 1.82) is 0 Å². The molecule has 2 aromatic carbocycles. The van der Waals surface area contributed by atoms with Gasteiger partial charge in [-0.3, -0.25) is 4.79 Å². The summed E-state index contributed by atoms with van der Waals surface area (Å²) in [4.78, 5) is 24.3. The number of ether oxygens (including phenoxy) is 1. The third-order valence-corrected chi connectivity index (χ3v) is 4.59. The minimum atomic E-state index is -0.546. The molecule has 146 valence electrons. The summed E-state index contributed by atoms with van der Waals surface area (Å²) in [7, 11) is 0. The molecule has 4 rings (SSSR count). The van der Waals surface area contributed by atoms with Crippen LogP contribution in [0.1, 0.15) is 29.1 Å². The summed E-state index contributed by atoms with van der Waals surface area (Å²) in [6.07, 6.45) is 3.84. The second kappa shape index (κ2) is 8.06. The number of hydrogen-bond donors (Lipinski definition) is 1. The van der Waals surface area contributed by atoms with Crippen LogP contribution in [0.5, 0.6) is 0 Å². The molecule has 0 spiro atoms. The molecule has 1 atom stereocenters. The molecular formula is C23H20N2O4. The van der Waals surface area contributed by atoms with Crippen LogP contribution in [0, 0.1) is 0 Å². The second-order valence-corrected chi connectivity index (χ2v) is 6.69. The quantitative estimate of drug-likeness (QED) is 0.501. The minimum absolute atomic E-state index is 0.338. The second-order valence-electron chi connectivity index (χ2n) is 6.69. The summed E-state index contributed by atoms with van der Waals surface area (Å²) in [6, 6.07) is 20.0. The van der Waals surface area contributed by atoms with E-state index in [2.05, 4.69) is 5.32 Å². The molecule has 0 unspecified atom stereocenters. The van der Waals surface area contributed by atoms with Crippen molar-refractivity contribution in [1.82, 2.24) is 9.88 Å². The van der Waals surface area contributed by atoms with Gasteiger partial charge in [0.25, 0.3) is 5.91 Å². The number of para-hydroxylation sites is 1. The Bertz CT molecular complexity index is 1090. The third-order valence-electron chi connectivity index (χ3n) is 4.59. The van der Waals surface area contributed by atoms with E-state index in [1.807, 2.05) is 78.5 Å². The molecule has 0 saturated heterocycles. The van der Waals surface area contributed by atoms with E-state index in [1.165, 1.54) is 0 Å². The zero-order chi connectivity index (χ0) is 20.2. The van der Waals surface area contributed by atoms with E-state index >= 15 is 0 Å². The van der Waals surface area contributed by atoms with Crippen molar-refractivity contribution in [2.24, 2.45) is 0 Å². The summed E-state index contributed by atoms with van der Waals surface area (Å²) in [5.41, 5.74) is 2.08. The summed E-state index contributed by atoms with van der Waals surface area (Å²) >= 11 is 0. The standard InChI is InChI=1S/C23H20N2O4/c1-16(21-14-18-6-2-3-7-20(18)29-21)24-22(26)15-28-23(27)17-8-10-19(11-9-17)25-12-4-5-13-25/h2-14,16H,15H2,1H3,(H,24,26)/t16-/m1/s1. The normalized spacial score (nSPS) is 11.9. The number of carbonyl (C=O) groups excluding carboxylic acids is 2. The molecule has 2 aromatic heterocycles. The highest BCUT2D eigenvalue weighted by molar-refractivity contribution is 5.91. The molecule has 0 aliphatic heterocycles. The van der Waals surface area contributed by atoms with E-state index in [-0.39, 0.29) is 12.6 Å². The van der Waals surface area contributed by atoms with Crippen molar-refractivity contribution >= 4 is 22.8 Å². The van der Waals surface area contributed by atoms with Crippen molar-refractivity contribution in [2.45, 2.75) is 13.0 Å². The van der Waals surface area contributed by atoms with Gasteiger partial charge in [-0.15, -0.1) is 0 Å². The number of furan rings is 1. The number of rotatable bonds is 6. The van der Waals surface area contributed by atoms with Crippen LogP contribution in [0.25, 0.3) is 16.7 Å². The largest absolute Gasteiger partial charge is 0.459 e. The summed E-state index contributed by atoms with van der Waals surface area (Å²) in [6.45, 7) is 1.46. The molecule has 1 N–H and O–H groups in total. The first kappa shape index (κ1) is 18.6. The number of fused-ring (bicyclic) bond motifs is 1. The lowest BCUT2D eigenvalue weighted by molar-refractivity contribution is -0.125. The predicted molar refractivity (Wildman–Crippen MR) is 109 cm³/mol. The molecule has 4 aromatic rings. The van der Waals surface area contributed by atoms with Gasteiger partial charge in [-0.25, -0.2) is 4.79 Å². The molecule has 0 saturated carbocycles. The van der Waals surface area contributed by atoms with Crippen molar-refractivity contribution in [3.05, 3.63) is 90.4 Å². The van der Waals surface area contributed by atoms with Gasteiger partial charge in [0, 0.05) is 23.5 Å². The molecule has 0 aliphatic rings. The van der Waals surface area contributed by atoms with Crippen molar-refractivity contribution in [3.8, 4) is 5.69 Å². The maximum Gasteiger partial charge on any atom is 0.338 e. The zero-order valence-electron chi connectivity index (χ0n) is 15.9. The predicted octanol–water partition coefficient (Wildman–Crippen LogP) is 4.26. The van der Waals surface area contributed by atoms with Crippen molar-refractivity contribution in [2.75, 3.05) is 6.61 Å². The first-order valence-electron chi connectivity index (χ1n) is 9.28. The topological polar surface area (TPSA) is 73.5 Å². The van der Waals surface area contributed by atoms with Gasteiger partial charge in [0.1, 0.15) is 11.3 Å². The first-order valence-corrected chi connectivity index (χ1v) is 9.28. The van der Waals surface area contributed by atoms with Gasteiger partial charge in [0.15, 0.2) is 6.61 Å². The van der Waals surface area contributed by atoms with E-state index in [1.54, 1.807) is 12.1 Å². The molecule has 6 nitrogen and oxygen atoms in total. The molecule has 2 heterocycles. The molecule has 6 heteroatoms. The van der Waals surface area contributed by atoms with Crippen LogP contribution >= 0.6 is 0 Å². The van der Waals surface area contributed by atoms with E-state index in [0.717, 1.165) is 16.7 Å². The highest BCUT2D eigenvalue weighted by Crippen LogP contribution is 2.23. The molecule has 29 heavy (non-hydrogen) atoms. The average molecular weight is 388 g/mol. The Balaban J connectivity index is 1.31. The SMILES string of the molecule is C[C@@H](NC(=O)COC(=O)c1ccc(-n2cccc2)cc1)c1cc2ccccc2o1. The van der Waals surface area contributed by atoms with E-state index in [9.17, 15) is 9.59 Å². The van der Waals surface area contributed by atoms with Crippen LogP contribution in [0.3, 0.4) is 0 Å². The van der Waals surface area contributed by atoms with Gasteiger partial charge in [0.05, 0.1) is 11.6 Å². The van der Waals surface area contributed by atoms with Gasteiger partial charge >= 0.3 is 5.97 Å². The zero-order valence-corrected chi connectivity index (χ0v) is 15.9. The fraction of sp³-hybridized carbons (Fsp3) is 0.130. The van der Waals surface area contributed by atoms with E-state index < -0.39 is 11.9 Å². The molecule has 0 aliphatic carbocycles. The fourth-order valence-corrected chi connectivity index (χ4v) is 3.06. The minimum Gasteiger partial charge on any atom is -0.459 e. The number of amides is 1. The molecule has 0 fully saturated rings. The van der Waals surface area contributed by atoms with E-state index in [4.69, 9.17) is 9.15 Å². The highest BCUT2D eigenvalue weighted by atomic mass is 16.5. The summed E-state index contributed by atoms with van der Waals surface area (Å²) < 4.78 is 12.8. The number of aromatic nitrogens is 1. The molecular weight excluding hydrogens is 368 g/mol. The maximum absolute atomic E-state index is 12.2. The van der Waals surface area contributed by atoms with Crippen LogP contribution in [-0.2, 0) is 9.53 Å². The highest BCUT2D eigenvalue weighted by Gasteiger charge is 2.16. The number of carbonyl (C=O) groups is 2. The lowest BCUT2D eigenvalue weighted by Gasteiger charge is -2.11. The first-order chi connectivity index (χ1) is 14.1. The monoisotopic (exact) mass is 388 g/mol. The molecule has 1 amide bonds. The Morgan fingerprint density at radius 1 is 1.03 bits per heavy atom. The van der Waals surface area contributed by atoms with Crippen LogP contribution in [0.4, 0.5) is 0 Å². The average Bonchev–Trinajstić information content (AvgIpc) is 3.42. The van der Waals surface area contributed by atoms with Gasteiger partial charge in [-0.05, 0) is 55.5 Å². The van der Waals surface area contributed by atoms with Gasteiger partial charge < -0.3 is 19.0 Å². The van der Waals surface area contributed by atoms with Crippen molar-refractivity contribution in [3.63, 3.8) is 0 Å². The number of esters is 1. The van der Waals surface area contributed by atoms with Crippen LogP contribution in [0.2, 0.25) is 0 Å². The Morgan fingerprint density at radius 3 is 2.48 bits per heavy atom. The number of hydrogen-bond acceptors (Lipinski definition) is 4. The third kappa shape index (κ3) is 4.21. The lowest BCUT2D eigenvalue weighted by Crippen LogP contribution is -2.31. The summed E-state index contributed by atoms with van der Waals surface area (Å²) in [5.74, 6) is -0.294. The summed E-state index contributed by atoms with van der Waals surface area (Å²) in [5, 5.41) is 3.75. The smallest absolute Gasteiger partial charge is 0.338 e. The van der Waals surface area contributed by atoms with Crippen LogP contribution < -0.4 is 5.32 Å². The molecule has 0 radical (unpaired) electrons. The van der Waals surface area contributed by atoms with Gasteiger partial charge in [-0.1, -0.05) is 18.2 Å². The molecule has 0 bridgehead atoms. The Labute approximate surface area is 167 Å². The van der Waals surface area contributed by atoms with Gasteiger partial charge in [0.2, 0.25) is 0 Å². The number of benzene rings is 2. The van der Waals surface area contributed by atoms with Crippen molar-refractivity contribution < 1.29 is 18.7 Å². The van der Waals surface area contributed by atoms with E-state index in [0.29, 0.717) is 11.3 Å². The Kier molecular flexibility index (Phi) is 5.16. The Morgan fingerprint density at radius 2 is 1.76 bits per heavy atom. The Hall–Kier alpha value is -3.80. The van der Waals surface area contributed by atoms with Gasteiger partial charge in [-0.2, -0.15) is 0 Å². The number of nitrogens with one attached hydrogen (secondary N) is 1.